The summed E-state index contributed by atoms with van der Waals surface area (Å²) in [5.74, 6) is 2.05. The second kappa shape index (κ2) is 8.11. The molecule has 27 heavy (non-hydrogen) atoms. The minimum atomic E-state index is -0.543. The van der Waals surface area contributed by atoms with Crippen molar-refractivity contribution >= 4 is 27.4 Å². The van der Waals surface area contributed by atoms with Gasteiger partial charge in [0.2, 0.25) is 0 Å². The third kappa shape index (κ3) is 4.31. The SMILES string of the molecule is CN=C(NCC(O)c1cc2ccccc2s1)NCC1CC1c1ccccc1. The van der Waals surface area contributed by atoms with Gasteiger partial charge in [0.15, 0.2) is 5.96 Å². The van der Waals surface area contributed by atoms with Gasteiger partial charge in [0, 0.05) is 29.7 Å². The molecule has 3 N–H and O–H groups in total. The van der Waals surface area contributed by atoms with E-state index in [1.54, 1.807) is 18.4 Å². The first-order valence-corrected chi connectivity index (χ1v) is 10.2. The second-order valence-corrected chi connectivity index (χ2v) is 8.16. The molecule has 0 spiro atoms. The first-order valence-electron chi connectivity index (χ1n) is 9.40. The van der Waals surface area contributed by atoms with Crippen molar-refractivity contribution in [3.63, 3.8) is 0 Å². The van der Waals surface area contributed by atoms with Gasteiger partial charge in [0.25, 0.3) is 0 Å². The van der Waals surface area contributed by atoms with E-state index in [0.29, 0.717) is 18.4 Å². The standard InChI is InChI=1S/C22H25N3OS/c1-23-22(24-13-17-11-18(17)15-7-3-2-4-8-15)25-14-19(26)21-12-16-9-5-6-10-20(16)27-21/h2-10,12,17-19,26H,11,13-14H2,1H3,(H2,23,24,25). The molecular formula is C22H25N3OS. The van der Waals surface area contributed by atoms with Gasteiger partial charge in [-0.3, -0.25) is 4.99 Å². The number of thiophene rings is 1. The molecule has 140 valence electrons. The molecule has 0 bridgehead atoms. The van der Waals surface area contributed by atoms with Gasteiger partial charge < -0.3 is 15.7 Å². The third-order valence-corrected chi connectivity index (χ3v) is 6.36. The van der Waals surface area contributed by atoms with E-state index in [-0.39, 0.29) is 0 Å². The van der Waals surface area contributed by atoms with E-state index in [1.165, 1.54) is 22.1 Å². The number of aliphatic imine (C=N–C) groups is 1. The largest absolute Gasteiger partial charge is 0.386 e. The summed E-state index contributed by atoms with van der Waals surface area (Å²) in [5, 5.41) is 18.3. The number of benzene rings is 2. The highest BCUT2D eigenvalue weighted by molar-refractivity contribution is 7.19. The number of nitrogens with zero attached hydrogens (tertiary/aromatic N) is 1. The fourth-order valence-electron chi connectivity index (χ4n) is 3.49. The normalized spacial score (nSPS) is 20.4. The Labute approximate surface area is 164 Å². The number of nitrogens with one attached hydrogen (secondary N) is 2. The first kappa shape index (κ1) is 18.0. The molecule has 5 heteroatoms. The Bertz CT molecular complexity index is 888. The van der Waals surface area contributed by atoms with Crippen LogP contribution < -0.4 is 10.6 Å². The van der Waals surface area contributed by atoms with Crippen LogP contribution in [0.15, 0.2) is 65.7 Å². The number of guanidine groups is 1. The summed E-state index contributed by atoms with van der Waals surface area (Å²) in [6.07, 6.45) is 0.678. The average molecular weight is 380 g/mol. The van der Waals surface area contributed by atoms with E-state index in [2.05, 4.69) is 64.2 Å². The Morgan fingerprint density at radius 2 is 1.93 bits per heavy atom. The molecule has 1 aliphatic rings. The van der Waals surface area contributed by atoms with Crippen LogP contribution in [0.4, 0.5) is 0 Å². The van der Waals surface area contributed by atoms with Crippen LogP contribution in [0, 0.1) is 5.92 Å². The van der Waals surface area contributed by atoms with Crippen LogP contribution in [0.3, 0.4) is 0 Å². The van der Waals surface area contributed by atoms with Crippen LogP contribution in [0.5, 0.6) is 0 Å². The van der Waals surface area contributed by atoms with Gasteiger partial charge in [-0.15, -0.1) is 11.3 Å². The van der Waals surface area contributed by atoms with Crippen molar-refractivity contribution in [1.82, 2.24) is 10.6 Å². The fourth-order valence-corrected chi connectivity index (χ4v) is 4.54. The summed E-state index contributed by atoms with van der Waals surface area (Å²) in [6.45, 7) is 1.34. The van der Waals surface area contributed by atoms with E-state index in [0.717, 1.165) is 17.4 Å². The van der Waals surface area contributed by atoms with Gasteiger partial charge in [0.05, 0.1) is 0 Å². The van der Waals surface area contributed by atoms with Crippen LogP contribution in [0.2, 0.25) is 0 Å². The van der Waals surface area contributed by atoms with Crippen LogP contribution in [0.25, 0.3) is 10.1 Å². The highest BCUT2D eigenvalue weighted by Crippen LogP contribution is 2.46. The molecule has 0 saturated heterocycles. The zero-order valence-corrected chi connectivity index (χ0v) is 16.2. The Morgan fingerprint density at radius 3 is 2.70 bits per heavy atom. The van der Waals surface area contributed by atoms with Crippen LogP contribution in [-0.4, -0.2) is 31.2 Å². The summed E-state index contributed by atoms with van der Waals surface area (Å²) >= 11 is 1.64. The molecule has 3 aromatic rings. The van der Waals surface area contributed by atoms with Crippen LogP contribution >= 0.6 is 11.3 Å². The lowest BCUT2D eigenvalue weighted by Gasteiger charge is -2.14. The molecule has 4 rings (SSSR count). The van der Waals surface area contributed by atoms with Crippen molar-refractivity contribution in [2.75, 3.05) is 20.1 Å². The molecule has 1 fully saturated rings. The molecule has 1 heterocycles. The highest BCUT2D eigenvalue weighted by atomic mass is 32.1. The lowest BCUT2D eigenvalue weighted by atomic mass is 10.1. The summed E-state index contributed by atoms with van der Waals surface area (Å²) < 4.78 is 1.20. The summed E-state index contributed by atoms with van der Waals surface area (Å²) in [4.78, 5) is 5.26. The van der Waals surface area contributed by atoms with Crippen molar-refractivity contribution in [2.45, 2.75) is 18.4 Å². The van der Waals surface area contributed by atoms with Crippen molar-refractivity contribution in [3.8, 4) is 0 Å². The van der Waals surface area contributed by atoms with Gasteiger partial charge in [-0.2, -0.15) is 0 Å². The smallest absolute Gasteiger partial charge is 0.191 e. The molecule has 4 nitrogen and oxygen atoms in total. The average Bonchev–Trinajstić information content (AvgIpc) is 3.36. The molecule has 1 aliphatic carbocycles. The molecule has 0 aliphatic heterocycles. The number of aliphatic hydroxyl groups excluding tert-OH is 1. The molecule has 1 aromatic heterocycles. The number of fused-ring (bicyclic) bond motifs is 1. The highest BCUT2D eigenvalue weighted by Gasteiger charge is 2.37. The Morgan fingerprint density at radius 1 is 1.15 bits per heavy atom. The predicted molar refractivity (Wildman–Crippen MR) is 113 cm³/mol. The van der Waals surface area contributed by atoms with Gasteiger partial charge >= 0.3 is 0 Å². The quantitative estimate of drug-likeness (QED) is 0.450. The lowest BCUT2D eigenvalue weighted by Crippen LogP contribution is -2.40. The number of hydrogen-bond donors (Lipinski definition) is 3. The van der Waals surface area contributed by atoms with Crippen molar-refractivity contribution in [1.29, 1.82) is 0 Å². The van der Waals surface area contributed by atoms with Gasteiger partial charge in [-0.25, -0.2) is 0 Å². The Hall–Kier alpha value is -2.37. The van der Waals surface area contributed by atoms with Crippen LogP contribution in [-0.2, 0) is 0 Å². The molecule has 3 atom stereocenters. The maximum Gasteiger partial charge on any atom is 0.191 e. The predicted octanol–water partition coefficient (Wildman–Crippen LogP) is 3.90. The summed E-state index contributed by atoms with van der Waals surface area (Å²) in [7, 11) is 1.77. The zero-order chi connectivity index (χ0) is 18.6. The number of hydrogen-bond acceptors (Lipinski definition) is 3. The Balaban J connectivity index is 1.26. The molecule has 3 unspecified atom stereocenters. The van der Waals surface area contributed by atoms with E-state index >= 15 is 0 Å². The minimum absolute atomic E-state index is 0.444. The number of rotatable bonds is 6. The maximum absolute atomic E-state index is 10.5. The van der Waals surface area contributed by atoms with Crippen molar-refractivity contribution < 1.29 is 5.11 Å². The topological polar surface area (TPSA) is 56.7 Å². The van der Waals surface area contributed by atoms with Crippen molar-refractivity contribution in [3.05, 3.63) is 71.1 Å². The second-order valence-electron chi connectivity index (χ2n) is 7.05. The molecule has 1 saturated carbocycles. The lowest BCUT2D eigenvalue weighted by molar-refractivity contribution is 0.184. The van der Waals surface area contributed by atoms with Crippen molar-refractivity contribution in [2.24, 2.45) is 10.9 Å². The monoisotopic (exact) mass is 379 g/mol. The van der Waals surface area contributed by atoms with E-state index < -0.39 is 6.10 Å². The van der Waals surface area contributed by atoms with Crippen LogP contribution in [0.1, 0.15) is 28.9 Å². The molecule has 2 aromatic carbocycles. The van der Waals surface area contributed by atoms with E-state index in [1.807, 2.05) is 12.1 Å². The minimum Gasteiger partial charge on any atom is -0.386 e. The first-order chi connectivity index (χ1) is 13.2. The van der Waals surface area contributed by atoms with Gasteiger partial charge in [-0.1, -0.05) is 48.5 Å². The maximum atomic E-state index is 10.5. The van der Waals surface area contributed by atoms with E-state index in [4.69, 9.17) is 0 Å². The third-order valence-electron chi connectivity index (χ3n) is 5.14. The molecule has 0 radical (unpaired) electrons. The summed E-state index contributed by atoms with van der Waals surface area (Å²) in [6, 6.07) is 21.0. The van der Waals surface area contributed by atoms with Gasteiger partial charge in [0.1, 0.15) is 6.10 Å². The fraction of sp³-hybridized carbons (Fsp3) is 0.318. The van der Waals surface area contributed by atoms with E-state index in [9.17, 15) is 5.11 Å². The molecular weight excluding hydrogens is 354 g/mol. The van der Waals surface area contributed by atoms with Gasteiger partial charge in [-0.05, 0) is 41.3 Å². The zero-order valence-electron chi connectivity index (χ0n) is 15.4. The number of aliphatic hydroxyl groups is 1. The Kier molecular flexibility index (Phi) is 5.41. The molecule has 0 amide bonds. The summed E-state index contributed by atoms with van der Waals surface area (Å²) in [5.41, 5.74) is 1.42.